The van der Waals surface area contributed by atoms with Crippen LogP contribution in [0.3, 0.4) is 0 Å². The number of benzene rings is 2. The highest BCUT2D eigenvalue weighted by molar-refractivity contribution is 8.14. The van der Waals surface area contributed by atoms with Crippen molar-refractivity contribution in [3.05, 3.63) is 89.9 Å². The lowest BCUT2D eigenvalue weighted by Crippen LogP contribution is -2.32. The second-order valence-electron chi connectivity index (χ2n) is 6.90. The van der Waals surface area contributed by atoms with E-state index in [0.717, 1.165) is 11.1 Å². The fourth-order valence-corrected chi connectivity index (χ4v) is 3.89. The van der Waals surface area contributed by atoms with Gasteiger partial charge < -0.3 is 5.32 Å². The number of aliphatic imine (C=N–C) groups is 1. The van der Waals surface area contributed by atoms with Gasteiger partial charge in [-0.25, -0.2) is 4.99 Å². The maximum absolute atomic E-state index is 13.1. The fraction of sp³-hybridized carbons (Fsp3) is 0.130. The van der Waals surface area contributed by atoms with Gasteiger partial charge in [0.05, 0.1) is 17.6 Å². The predicted molar refractivity (Wildman–Crippen MR) is 123 cm³/mol. The highest BCUT2D eigenvalue weighted by Crippen LogP contribution is 2.29. The van der Waals surface area contributed by atoms with Crippen LogP contribution >= 0.6 is 11.8 Å². The van der Waals surface area contributed by atoms with E-state index in [1.165, 1.54) is 16.7 Å². The molecule has 0 aliphatic carbocycles. The number of aromatic nitrogens is 2. The number of aryl methyl sites for hydroxylation is 1. The summed E-state index contributed by atoms with van der Waals surface area (Å²) in [6, 6.07) is 19.0. The van der Waals surface area contributed by atoms with Crippen LogP contribution in [-0.4, -0.2) is 32.5 Å². The Hall–Kier alpha value is -3.65. The molecule has 0 radical (unpaired) electrons. The lowest BCUT2D eigenvalue weighted by Gasteiger charge is -2.17. The summed E-state index contributed by atoms with van der Waals surface area (Å²) in [6.07, 6.45) is 5.18. The number of nitrogens with zero attached hydrogens (tertiary/aromatic N) is 4. The van der Waals surface area contributed by atoms with Crippen LogP contribution in [0.2, 0.25) is 0 Å². The predicted octanol–water partition coefficient (Wildman–Crippen LogP) is 3.21. The van der Waals surface area contributed by atoms with Gasteiger partial charge in [0, 0.05) is 25.4 Å². The van der Waals surface area contributed by atoms with Crippen molar-refractivity contribution in [2.24, 2.45) is 12.0 Å². The molecule has 3 aromatic rings. The molecule has 0 unspecified atom stereocenters. The Labute approximate surface area is 184 Å². The molecule has 4 rings (SSSR count). The summed E-state index contributed by atoms with van der Waals surface area (Å²) in [5, 5.41) is 7.50. The molecule has 0 bridgehead atoms. The molecule has 1 aromatic heterocycles. The van der Waals surface area contributed by atoms with Gasteiger partial charge in [0.2, 0.25) is 5.91 Å². The zero-order valence-electron chi connectivity index (χ0n) is 16.9. The van der Waals surface area contributed by atoms with E-state index < -0.39 is 0 Å². The summed E-state index contributed by atoms with van der Waals surface area (Å²) >= 11 is 1.23. The summed E-state index contributed by atoms with van der Waals surface area (Å²) in [4.78, 5) is 31.5. The van der Waals surface area contributed by atoms with Crippen LogP contribution in [0.25, 0.3) is 6.08 Å². The molecule has 0 spiro atoms. The molecule has 0 fully saturated rings. The van der Waals surface area contributed by atoms with Crippen molar-refractivity contribution in [3.8, 4) is 0 Å². The lowest BCUT2D eigenvalue weighted by atomic mass is 10.2. The second kappa shape index (κ2) is 9.44. The topological polar surface area (TPSA) is 79.6 Å². The summed E-state index contributed by atoms with van der Waals surface area (Å²) < 4.78 is 1.66. The Kier molecular flexibility index (Phi) is 6.28. The van der Waals surface area contributed by atoms with E-state index >= 15 is 0 Å². The minimum absolute atomic E-state index is 0.123. The third-order valence-electron chi connectivity index (χ3n) is 4.54. The first-order valence-corrected chi connectivity index (χ1v) is 10.7. The van der Waals surface area contributed by atoms with Crippen LogP contribution < -0.4 is 10.2 Å². The first-order chi connectivity index (χ1) is 15.1. The van der Waals surface area contributed by atoms with Crippen LogP contribution in [0.5, 0.6) is 0 Å². The minimum atomic E-state index is -0.234. The normalized spacial score (nSPS) is 14.7. The van der Waals surface area contributed by atoms with Gasteiger partial charge in [0.1, 0.15) is 5.70 Å². The molecule has 0 saturated heterocycles. The molecule has 2 amide bonds. The van der Waals surface area contributed by atoms with Crippen molar-refractivity contribution in [1.29, 1.82) is 0 Å². The number of para-hydroxylation sites is 1. The molecule has 1 N–H and O–H groups in total. The van der Waals surface area contributed by atoms with Crippen molar-refractivity contribution in [2.45, 2.75) is 6.54 Å². The molecular formula is C23H21N5O2S. The van der Waals surface area contributed by atoms with E-state index in [4.69, 9.17) is 0 Å². The Morgan fingerprint density at radius 1 is 1.10 bits per heavy atom. The first-order valence-electron chi connectivity index (χ1n) is 9.72. The molecule has 156 valence electrons. The average Bonchev–Trinajstić information content (AvgIpc) is 3.34. The van der Waals surface area contributed by atoms with E-state index in [2.05, 4.69) is 15.4 Å². The van der Waals surface area contributed by atoms with E-state index in [-0.39, 0.29) is 17.6 Å². The number of amidine groups is 1. The van der Waals surface area contributed by atoms with Crippen LogP contribution in [-0.2, 0) is 23.2 Å². The van der Waals surface area contributed by atoms with Crippen LogP contribution in [0.1, 0.15) is 11.1 Å². The fourth-order valence-electron chi connectivity index (χ4n) is 3.05. The maximum atomic E-state index is 13.1. The zero-order valence-corrected chi connectivity index (χ0v) is 17.7. The van der Waals surface area contributed by atoms with Gasteiger partial charge in [0.15, 0.2) is 5.17 Å². The Morgan fingerprint density at radius 3 is 2.48 bits per heavy atom. The standard InChI is InChI=1S/C23H21N5O2S/c1-27-15-18(14-25-27)12-20-22(30)28(19-10-6-3-7-11-19)23(26-20)31-16-21(29)24-13-17-8-4-2-5-9-17/h2-12,14-15H,13,16H2,1H3,(H,24,29)/b20-12+. The third-order valence-corrected chi connectivity index (χ3v) is 5.48. The van der Waals surface area contributed by atoms with Gasteiger partial charge in [-0.2, -0.15) is 5.10 Å². The highest BCUT2D eigenvalue weighted by Gasteiger charge is 2.32. The van der Waals surface area contributed by atoms with Gasteiger partial charge in [0.25, 0.3) is 5.91 Å². The molecule has 1 aliphatic heterocycles. The summed E-state index contributed by atoms with van der Waals surface area (Å²) in [5.41, 5.74) is 2.83. The zero-order chi connectivity index (χ0) is 21.6. The van der Waals surface area contributed by atoms with Gasteiger partial charge in [-0.05, 0) is 23.8 Å². The van der Waals surface area contributed by atoms with Crippen LogP contribution in [0, 0.1) is 0 Å². The number of carbonyl (C=O) groups is 2. The third kappa shape index (κ3) is 5.10. The molecule has 7 nitrogen and oxygen atoms in total. The number of carbonyl (C=O) groups excluding carboxylic acids is 2. The summed E-state index contributed by atoms with van der Waals surface area (Å²) in [7, 11) is 1.81. The number of hydrogen-bond acceptors (Lipinski definition) is 5. The molecular weight excluding hydrogens is 410 g/mol. The van der Waals surface area contributed by atoms with Crippen LogP contribution in [0.15, 0.2) is 83.7 Å². The quantitative estimate of drug-likeness (QED) is 0.608. The maximum Gasteiger partial charge on any atom is 0.283 e. The van der Waals surface area contributed by atoms with E-state index in [0.29, 0.717) is 23.1 Å². The number of rotatable bonds is 6. The van der Waals surface area contributed by atoms with Crippen molar-refractivity contribution in [1.82, 2.24) is 15.1 Å². The van der Waals surface area contributed by atoms with Crippen molar-refractivity contribution in [2.75, 3.05) is 10.7 Å². The lowest BCUT2D eigenvalue weighted by molar-refractivity contribution is -0.118. The highest BCUT2D eigenvalue weighted by atomic mass is 32.2. The molecule has 31 heavy (non-hydrogen) atoms. The second-order valence-corrected chi connectivity index (χ2v) is 7.84. The molecule has 2 heterocycles. The molecule has 0 atom stereocenters. The summed E-state index contributed by atoms with van der Waals surface area (Å²) in [5.74, 6) is -0.202. The van der Waals surface area contributed by atoms with E-state index in [1.54, 1.807) is 17.0 Å². The number of thioether (sulfide) groups is 1. The summed E-state index contributed by atoms with van der Waals surface area (Å²) in [6.45, 7) is 0.459. The largest absolute Gasteiger partial charge is 0.351 e. The Balaban J connectivity index is 1.49. The van der Waals surface area contributed by atoms with Gasteiger partial charge >= 0.3 is 0 Å². The van der Waals surface area contributed by atoms with Gasteiger partial charge in [-0.1, -0.05) is 60.3 Å². The number of hydrogen-bond donors (Lipinski definition) is 1. The minimum Gasteiger partial charge on any atom is -0.351 e. The molecule has 0 saturated carbocycles. The van der Waals surface area contributed by atoms with Crippen LogP contribution in [0.4, 0.5) is 5.69 Å². The van der Waals surface area contributed by atoms with E-state index in [9.17, 15) is 9.59 Å². The van der Waals surface area contributed by atoms with Gasteiger partial charge in [-0.15, -0.1) is 0 Å². The smallest absolute Gasteiger partial charge is 0.283 e. The molecule has 1 aliphatic rings. The average molecular weight is 432 g/mol. The number of anilines is 1. The van der Waals surface area contributed by atoms with E-state index in [1.807, 2.05) is 73.9 Å². The molecule has 8 heteroatoms. The van der Waals surface area contributed by atoms with Crippen molar-refractivity contribution >= 4 is 40.5 Å². The SMILES string of the molecule is Cn1cc(/C=C2/N=C(SCC(=O)NCc3ccccc3)N(c3ccccc3)C2=O)cn1. The van der Waals surface area contributed by atoms with Crippen molar-refractivity contribution < 1.29 is 9.59 Å². The monoisotopic (exact) mass is 431 g/mol. The Morgan fingerprint density at radius 2 is 1.81 bits per heavy atom. The first kappa shape index (κ1) is 20.6. The van der Waals surface area contributed by atoms with Gasteiger partial charge in [-0.3, -0.25) is 19.2 Å². The Bertz CT molecular complexity index is 1140. The van der Waals surface area contributed by atoms with Crippen molar-refractivity contribution in [3.63, 3.8) is 0 Å². The number of nitrogens with one attached hydrogen (secondary N) is 1. The number of amides is 2. The molecule has 2 aromatic carbocycles.